The number of aliphatic hydroxyl groups is 1. The fourth-order valence-electron chi connectivity index (χ4n) is 4.97. The lowest BCUT2D eigenvalue weighted by Crippen LogP contribution is -2.54. The van der Waals surface area contributed by atoms with Gasteiger partial charge in [0, 0.05) is 38.8 Å². The first-order chi connectivity index (χ1) is 17.9. The summed E-state index contributed by atoms with van der Waals surface area (Å²) in [6.45, 7) is 5.24. The second-order valence-electron chi connectivity index (χ2n) is 9.42. The number of aromatic nitrogens is 2. The van der Waals surface area contributed by atoms with Gasteiger partial charge in [-0.1, -0.05) is 12.1 Å². The molecule has 0 saturated carbocycles. The van der Waals surface area contributed by atoms with Crippen LogP contribution in [0.1, 0.15) is 11.4 Å². The summed E-state index contributed by atoms with van der Waals surface area (Å²) in [6.07, 6.45) is -0.541. The van der Waals surface area contributed by atoms with E-state index < -0.39 is 12.1 Å². The molecule has 6 rings (SSSR count). The Labute approximate surface area is 217 Å². The molecule has 2 saturated heterocycles. The predicted molar refractivity (Wildman–Crippen MR) is 139 cm³/mol. The summed E-state index contributed by atoms with van der Waals surface area (Å²) in [5.74, 6) is 0.0860. The van der Waals surface area contributed by atoms with Gasteiger partial charge in [0.1, 0.15) is 24.0 Å². The first-order valence-corrected chi connectivity index (χ1v) is 13.1. The van der Waals surface area contributed by atoms with Crippen molar-refractivity contribution in [3.8, 4) is 5.75 Å². The monoisotopic (exact) mass is 521 g/mol. The number of carbonyl (C=O) groups is 2. The van der Waals surface area contributed by atoms with Gasteiger partial charge in [0.25, 0.3) is 5.91 Å². The number of para-hydroxylation sites is 2. The molecule has 0 radical (unpaired) electrons. The number of β-amino-alcohol motifs (C(OH)–C–C–N with tert-alkyl or cyclic N) is 1. The lowest BCUT2D eigenvalue weighted by molar-refractivity contribution is -0.123. The molecule has 0 spiro atoms. The molecule has 2 fully saturated rings. The van der Waals surface area contributed by atoms with Crippen LogP contribution in [-0.2, 0) is 9.59 Å². The van der Waals surface area contributed by atoms with Crippen LogP contribution in [0.5, 0.6) is 5.75 Å². The zero-order chi connectivity index (χ0) is 25.5. The number of amides is 2. The van der Waals surface area contributed by atoms with Crippen LogP contribution in [0.15, 0.2) is 46.9 Å². The molecule has 2 aliphatic heterocycles. The number of oxazole rings is 1. The third kappa shape index (κ3) is 4.82. The number of fused-ring (bicyclic) bond motifs is 2. The van der Waals surface area contributed by atoms with E-state index in [1.165, 1.54) is 0 Å². The zero-order valence-electron chi connectivity index (χ0n) is 20.4. The summed E-state index contributed by atoms with van der Waals surface area (Å²) >= 11 is 1.64. The molecule has 2 aromatic heterocycles. The number of benzene rings is 2. The topological polar surface area (TPSA) is 112 Å². The van der Waals surface area contributed by atoms with Crippen molar-refractivity contribution in [2.75, 3.05) is 44.2 Å². The number of aliphatic hydroxyl groups excluding tert-OH is 1. The Morgan fingerprint density at radius 1 is 1.11 bits per heavy atom. The van der Waals surface area contributed by atoms with Gasteiger partial charge >= 0.3 is 6.01 Å². The highest BCUT2D eigenvalue weighted by Crippen LogP contribution is 2.29. The van der Waals surface area contributed by atoms with Crippen LogP contribution in [0.25, 0.3) is 21.3 Å². The van der Waals surface area contributed by atoms with Gasteiger partial charge < -0.3 is 14.3 Å². The van der Waals surface area contributed by atoms with Crippen molar-refractivity contribution >= 4 is 50.5 Å². The van der Waals surface area contributed by atoms with Crippen molar-refractivity contribution in [2.24, 2.45) is 0 Å². The van der Waals surface area contributed by atoms with Crippen molar-refractivity contribution in [1.29, 1.82) is 0 Å². The van der Waals surface area contributed by atoms with Gasteiger partial charge in [0.15, 0.2) is 5.58 Å². The standard InChI is InChI=1S/C26H27N5O5S/c1-16-27-20-12-18(6-7-23(20)37-16)35-15-17(32)14-29-8-10-30(11-9-29)21-13-24(33)31(25(21)34)26-28-19-4-2-3-5-22(19)36-26/h2-7,12,17,21,32H,8-11,13-15H2,1H3/t17-,21?/m1/s1. The fourth-order valence-corrected chi connectivity index (χ4v) is 5.78. The number of hydrogen-bond donors (Lipinski definition) is 1. The van der Waals surface area contributed by atoms with Crippen LogP contribution in [0.3, 0.4) is 0 Å². The van der Waals surface area contributed by atoms with Crippen molar-refractivity contribution in [1.82, 2.24) is 19.8 Å². The van der Waals surface area contributed by atoms with E-state index in [9.17, 15) is 14.7 Å². The van der Waals surface area contributed by atoms with Gasteiger partial charge in [-0.2, -0.15) is 4.98 Å². The highest BCUT2D eigenvalue weighted by Gasteiger charge is 2.45. The molecule has 2 aromatic carbocycles. The largest absolute Gasteiger partial charge is 0.491 e. The maximum Gasteiger partial charge on any atom is 0.312 e. The summed E-state index contributed by atoms with van der Waals surface area (Å²) in [5, 5.41) is 11.5. The van der Waals surface area contributed by atoms with E-state index in [2.05, 4.69) is 14.9 Å². The SMILES string of the molecule is Cc1nc2cc(OC[C@H](O)CN3CCN(C4CC(=O)N(c5nc6ccccc6o5)C4=O)CC3)ccc2s1. The summed E-state index contributed by atoms with van der Waals surface area (Å²) in [7, 11) is 0. The second kappa shape index (κ2) is 9.82. The van der Waals surface area contributed by atoms with Crippen molar-refractivity contribution < 1.29 is 23.8 Å². The highest BCUT2D eigenvalue weighted by molar-refractivity contribution is 7.18. The minimum Gasteiger partial charge on any atom is -0.491 e. The minimum absolute atomic E-state index is 0.0320. The number of hydrogen-bond acceptors (Lipinski definition) is 10. The van der Waals surface area contributed by atoms with E-state index in [1.54, 1.807) is 23.5 Å². The number of rotatable bonds is 7. The van der Waals surface area contributed by atoms with Gasteiger partial charge in [0.2, 0.25) is 5.91 Å². The molecule has 0 aliphatic carbocycles. The van der Waals surface area contributed by atoms with E-state index in [0.29, 0.717) is 49.6 Å². The Morgan fingerprint density at radius 2 is 1.92 bits per heavy atom. The van der Waals surface area contributed by atoms with Crippen LogP contribution < -0.4 is 9.64 Å². The molecule has 4 aromatic rings. The maximum atomic E-state index is 13.1. The van der Waals surface area contributed by atoms with Gasteiger partial charge in [0.05, 0.1) is 27.7 Å². The summed E-state index contributed by atoms with van der Waals surface area (Å²) in [6, 6.07) is 12.5. The van der Waals surface area contributed by atoms with E-state index >= 15 is 0 Å². The second-order valence-corrected chi connectivity index (χ2v) is 10.7. The molecule has 10 nitrogen and oxygen atoms in total. The first kappa shape index (κ1) is 24.0. The number of anilines is 1. The number of aryl methyl sites for hydroxylation is 1. The quantitative estimate of drug-likeness (QED) is 0.367. The molecule has 0 bridgehead atoms. The van der Waals surface area contributed by atoms with E-state index in [4.69, 9.17) is 9.15 Å². The van der Waals surface area contributed by atoms with Gasteiger partial charge in [-0.15, -0.1) is 11.3 Å². The number of thiazole rings is 1. The third-order valence-corrected chi connectivity index (χ3v) is 7.77. The molecule has 11 heteroatoms. The number of carbonyl (C=O) groups excluding carboxylic acids is 2. The number of nitrogens with zero attached hydrogens (tertiary/aromatic N) is 5. The van der Waals surface area contributed by atoms with E-state index in [0.717, 1.165) is 20.1 Å². The van der Waals surface area contributed by atoms with Gasteiger partial charge in [-0.3, -0.25) is 19.4 Å². The number of imide groups is 1. The summed E-state index contributed by atoms with van der Waals surface area (Å²) in [4.78, 5) is 39.9. The Balaban J connectivity index is 1.00. The lowest BCUT2D eigenvalue weighted by atomic mass is 10.1. The maximum absolute atomic E-state index is 13.1. The molecule has 4 heterocycles. The average Bonchev–Trinajstić information content (AvgIpc) is 3.56. The van der Waals surface area contributed by atoms with Crippen LogP contribution in [0.4, 0.5) is 6.01 Å². The molecule has 1 unspecified atom stereocenters. The summed E-state index contributed by atoms with van der Waals surface area (Å²) < 4.78 is 12.6. The molecule has 192 valence electrons. The summed E-state index contributed by atoms with van der Waals surface area (Å²) in [5.41, 5.74) is 2.05. The van der Waals surface area contributed by atoms with Crippen molar-refractivity contribution in [2.45, 2.75) is 25.5 Å². The van der Waals surface area contributed by atoms with Gasteiger partial charge in [-0.25, -0.2) is 9.88 Å². The van der Waals surface area contributed by atoms with Crippen molar-refractivity contribution in [3.05, 3.63) is 47.5 Å². The zero-order valence-corrected chi connectivity index (χ0v) is 21.2. The predicted octanol–water partition coefficient (Wildman–Crippen LogP) is 2.44. The Morgan fingerprint density at radius 3 is 2.73 bits per heavy atom. The van der Waals surface area contributed by atoms with Gasteiger partial charge in [-0.05, 0) is 31.2 Å². The van der Waals surface area contributed by atoms with E-state index in [1.807, 2.05) is 42.2 Å². The first-order valence-electron chi connectivity index (χ1n) is 12.3. The van der Waals surface area contributed by atoms with Crippen LogP contribution >= 0.6 is 11.3 Å². The fraction of sp³-hybridized carbons (Fsp3) is 0.385. The van der Waals surface area contributed by atoms with Crippen LogP contribution in [-0.4, -0.2) is 88.2 Å². The molecule has 2 atom stereocenters. The molecule has 1 N–H and O–H groups in total. The molecular weight excluding hydrogens is 494 g/mol. The molecular formula is C26H27N5O5S. The minimum atomic E-state index is -0.649. The Kier molecular flexibility index (Phi) is 6.37. The smallest absolute Gasteiger partial charge is 0.312 e. The van der Waals surface area contributed by atoms with Crippen molar-refractivity contribution in [3.63, 3.8) is 0 Å². The third-order valence-electron chi connectivity index (χ3n) is 6.82. The molecule has 2 amide bonds. The van der Waals surface area contributed by atoms with Crippen LogP contribution in [0.2, 0.25) is 0 Å². The average molecular weight is 522 g/mol. The van der Waals surface area contributed by atoms with Crippen LogP contribution in [0, 0.1) is 6.92 Å². The Hall–Kier alpha value is -3.38. The van der Waals surface area contributed by atoms with E-state index in [-0.39, 0.29) is 30.9 Å². The molecule has 2 aliphatic rings. The molecule has 37 heavy (non-hydrogen) atoms. The Bertz CT molecular complexity index is 1430. The number of ether oxygens (including phenoxy) is 1. The number of piperazine rings is 1. The lowest BCUT2D eigenvalue weighted by Gasteiger charge is -2.37. The highest BCUT2D eigenvalue weighted by atomic mass is 32.1. The normalized spacial score (nSPS) is 20.4.